The standard InChI is InChI=1S/C18H23BrN2O2/c1-21(11-17(22)20-16-5-3-2-4-15(16)19)18(23)10-14-9-12-6-7-13(14)8-12/h2-5,12-14H,6-11H2,1H3,(H,20,22)/t12-,13-,14-/m1/s1. The van der Waals surface area contributed by atoms with Gasteiger partial charge in [0, 0.05) is 17.9 Å². The van der Waals surface area contributed by atoms with Gasteiger partial charge in [0.25, 0.3) is 0 Å². The lowest BCUT2D eigenvalue weighted by Gasteiger charge is -2.24. The van der Waals surface area contributed by atoms with E-state index in [9.17, 15) is 9.59 Å². The van der Waals surface area contributed by atoms with Crippen molar-refractivity contribution < 1.29 is 9.59 Å². The highest BCUT2D eigenvalue weighted by atomic mass is 79.9. The maximum Gasteiger partial charge on any atom is 0.244 e. The van der Waals surface area contributed by atoms with Gasteiger partial charge in [0.1, 0.15) is 0 Å². The number of fused-ring (bicyclic) bond motifs is 2. The van der Waals surface area contributed by atoms with Crippen LogP contribution >= 0.6 is 15.9 Å². The van der Waals surface area contributed by atoms with Crippen molar-refractivity contribution in [3.63, 3.8) is 0 Å². The molecule has 124 valence electrons. The SMILES string of the molecule is CN(CC(=O)Nc1ccccc1Br)C(=O)C[C@H]1C[C@@H]2CC[C@@H]1C2. The second-order valence-corrected chi connectivity index (χ2v) is 7.77. The summed E-state index contributed by atoms with van der Waals surface area (Å²) >= 11 is 3.40. The number of amides is 2. The molecule has 1 N–H and O–H groups in total. The summed E-state index contributed by atoms with van der Waals surface area (Å²) < 4.78 is 0.837. The number of halogens is 1. The highest BCUT2D eigenvalue weighted by Gasteiger charge is 2.40. The number of anilines is 1. The Kier molecular flexibility index (Phi) is 5.05. The molecule has 2 saturated carbocycles. The molecule has 3 rings (SSSR count). The minimum absolute atomic E-state index is 0.0878. The number of carbonyl (C=O) groups excluding carboxylic acids is 2. The van der Waals surface area contributed by atoms with Gasteiger partial charge in [-0.15, -0.1) is 0 Å². The average Bonchev–Trinajstić information content (AvgIpc) is 3.12. The van der Waals surface area contributed by atoms with Crippen molar-refractivity contribution in [1.82, 2.24) is 4.90 Å². The molecule has 1 aromatic rings. The van der Waals surface area contributed by atoms with E-state index in [1.54, 1.807) is 11.9 Å². The van der Waals surface area contributed by atoms with Crippen LogP contribution in [0.1, 0.15) is 32.1 Å². The first-order valence-corrected chi connectivity index (χ1v) is 9.10. The van der Waals surface area contributed by atoms with Crippen molar-refractivity contribution in [3.8, 4) is 0 Å². The Morgan fingerprint density at radius 1 is 1.26 bits per heavy atom. The molecule has 0 radical (unpaired) electrons. The fourth-order valence-corrected chi connectivity index (χ4v) is 4.45. The lowest BCUT2D eigenvalue weighted by molar-refractivity contribution is -0.134. The van der Waals surface area contributed by atoms with E-state index in [4.69, 9.17) is 0 Å². The summed E-state index contributed by atoms with van der Waals surface area (Å²) in [6, 6.07) is 7.47. The molecule has 1 aromatic carbocycles. The Morgan fingerprint density at radius 3 is 2.70 bits per heavy atom. The Morgan fingerprint density at radius 2 is 2.04 bits per heavy atom. The molecule has 3 atom stereocenters. The predicted molar refractivity (Wildman–Crippen MR) is 94.0 cm³/mol. The summed E-state index contributed by atoms with van der Waals surface area (Å²) in [6.07, 6.45) is 5.74. The lowest BCUT2D eigenvalue weighted by atomic mass is 9.86. The number of hydrogen-bond acceptors (Lipinski definition) is 2. The number of benzene rings is 1. The Hall–Kier alpha value is -1.36. The third kappa shape index (κ3) is 3.94. The van der Waals surface area contributed by atoms with Gasteiger partial charge in [0.15, 0.2) is 0 Å². The molecule has 5 heteroatoms. The van der Waals surface area contributed by atoms with Crippen molar-refractivity contribution in [1.29, 1.82) is 0 Å². The first kappa shape index (κ1) is 16.5. The third-order valence-corrected chi connectivity index (χ3v) is 5.97. The molecular formula is C18H23BrN2O2. The van der Waals surface area contributed by atoms with Gasteiger partial charge in [0.2, 0.25) is 11.8 Å². The van der Waals surface area contributed by atoms with E-state index in [1.807, 2.05) is 24.3 Å². The van der Waals surface area contributed by atoms with E-state index in [-0.39, 0.29) is 18.4 Å². The van der Waals surface area contributed by atoms with Crippen molar-refractivity contribution >= 4 is 33.4 Å². The van der Waals surface area contributed by atoms with E-state index in [1.165, 1.54) is 25.7 Å². The van der Waals surface area contributed by atoms with Gasteiger partial charge in [0.05, 0.1) is 12.2 Å². The molecule has 0 saturated heterocycles. The fourth-order valence-electron chi connectivity index (χ4n) is 4.06. The quantitative estimate of drug-likeness (QED) is 0.849. The van der Waals surface area contributed by atoms with Gasteiger partial charge in [-0.1, -0.05) is 18.6 Å². The van der Waals surface area contributed by atoms with Crippen molar-refractivity contribution in [2.24, 2.45) is 17.8 Å². The largest absolute Gasteiger partial charge is 0.336 e. The van der Waals surface area contributed by atoms with Crippen LogP contribution in [0.3, 0.4) is 0 Å². The molecule has 0 spiro atoms. The van der Waals surface area contributed by atoms with E-state index >= 15 is 0 Å². The zero-order valence-corrected chi connectivity index (χ0v) is 15.0. The normalized spacial score (nSPS) is 25.4. The summed E-state index contributed by atoms with van der Waals surface area (Å²) in [4.78, 5) is 26.0. The summed E-state index contributed by atoms with van der Waals surface area (Å²) in [5.41, 5.74) is 0.728. The van der Waals surface area contributed by atoms with Crippen LogP contribution in [-0.2, 0) is 9.59 Å². The number of hydrogen-bond donors (Lipinski definition) is 1. The second kappa shape index (κ2) is 7.04. The Bertz CT molecular complexity index is 604. The molecule has 2 amide bonds. The number of carbonyl (C=O) groups is 2. The van der Waals surface area contributed by atoms with Gasteiger partial charge in [-0.2, -0.15) is 0 Å². The minimum Gasteiger partial charge on any atom is -0.336 e. The minimum atomic E-state index is -0.166. The number of likely N-dealkylation sites (N-methyl/N-ethyl adjacent to an activating group) is 1. The molecule has 2 aliphatic carbocycles. The molecule has 0 aromatic heterocycles. The Balaban J connectivity index is 1.48. The number of nitrogens with one attached hydrogen (secondary N) is 1. The summed E-state index contributed by atoms with van der Waals surface area (Å²) in [7, 11) is 1.72. The molecule has 0 unspecified atom stereocenters. The highest BCUT2D eigenvalue weighted by Crippen LogP contribution is 2.49. The average molecular weight is 379 g/mol. The Labute approximate surface area is 145 Å². The molecule has 2 fully saturated rings. The maximum atomic E-state index is 12.4. The van der Waals surface area contributed by atoms with E-state index in [0.717, 1.165) is 22.0 Å². The molecule has 0 aliphatic heterocycles. The molecule has 4 nitrogen and oxygen atoms in total. The maximum absolute atomic E-state index is 12.4. The van der Waals surface area contributed by atoms with Crippen molar-refractivity contribution in [2.45, 2.75) is 32.1 Å². The molecular weight excluding hydrogens is 356 g/mol. The zero-order valence-electron chi connectivity index (χ0n) is 13.4. The highest BCUT2D eigenvalue weighted by molar-refractivity contribution is 9.10. The zero-order chi connectivity index (χ0) is 16.4. The summed E-state index contributed by atoms with van der Waals surface area (Å²) in [6.45, 7) is 0.0982. The summed E-state index contributed by atoms with van der Waals surface area (Å²) in [5, 5.41) is 2.84. The van der Waals surface area contributed by atoms with Crippen LogP contribution in [0, 0.1) is 17.8 Å². The van der Waals surface area contributed by atoms with Gasteiger partial charge >= 0.3 is 0 Å². The number of para-hydroxylation sites is 1. The van der Waals surface area contributed by atoms with E-state index in [2.05, 4.69) is 21.2 Å². The fraction of sp³-hybridized carbons (Fsp3) is 0.556. The summed E-state index contributed by atoms with van der Waals surface area (Å²) in [5.74, 6) is 2.05. The first-order valence-electron chi connectivity index (χ1n) is 8.31. The van der Waals surface area contributed by atoms with Gasteiger partial charge < -0.3 is 10.2 Å². The third-order valence-electron chi connectivity index (χ3n) is 5.28. The number of rotatable bonds is 5. The first-order chi connectivity index (χ1) is 11.0. The smallest absolute Gasteiger partial charge is 0.244 e. The second-order valence-electron chi connectivity index (χ2n) is 6.92. The van der Waals surface area contributed by atoms with Crippen molar-refractivity contribution in [3.05, 3.63) is 28.7 Å². The van der Waals surface area contributed by atoms with Crippen molar-refractivity contribution in [2.75, 3.05) is 18.9 Å². The molecule has 2 aliphatic rings. The van der Waals surface area contributed by atoms with Crippen LogP contribution in [0.2, 0.25) is 0 Å². The van der Waals surface area contributed by atoms with Crippen LogP contribution in [0.25, 0.3) is 0 Å². The van der Waals surface area contributed by atoms with Crippen LogP contribution in [0.4, 0.5) is 5.69 Å². The van der Waals surface area contributed by atoms with Crippen LogP contribution in [-0.4, -0.2) is 30.3 Å². The van der Waals surface area contributed by atoms with Gasteiger partial charge in [-0.25, -0.2) is 0 Å². The molecule has 23 heavy (non-hydrogen) atoms. The molecule has 0 heterocycles. The van der Waals surface area contributed by atoms with Crippen LogP contribution < -0.4 is 5.32 Å². The van der Waals surface area contributed by atoms with E-state index in [0.29, 0.717) is 12.3 Å². The monoisotopic (exact) mass is 378 g/mol. The molecule has 2 bridgehead atoms. The van der Waals surface area contributed by atoms with E-state index < -0.39 is 0 Å². The topological polar surface area (TPSA) is 49.4 Å². The number of nitrogens with zero attached hydrogens (tertiary/aromatic N) is 1. The van der Waals surface area contributed by atoms with Crippen LogP contribution in [0.5, 0.6) is 0 Å². The lowest BCUT2D eigenvalue weighted by Crippen LogP contribution is -2.36. The van der Waals surface area contributed by atoms with Gasteiger partial charge in [-0.3, -0.25) is 9.59 Å². The van der Waals surface area contributed by atoms with Crippen LogP contribution in [0.15, 0.2) is 28.7 Å². The predicted octanol–water partition coefficient (Wildman–Crippen LogP) is 3.67. The van der Waals surface area contributed by atoms with Gasteiger partial charge in [-0.05, 0) is 65.1 Å².